The van der Waals surface area contributed by atoms with E-state index in [4.69, 9.17) is 18.9 Å². The summed E-state index contributed by atoms with van der Waals surface area (Å²) in [5.74, 6) is -0.0852. The Kier molecular flexibility index (Phi) is 5.45. The van der Waals surface area contributed by atoms with Crippen LogP contribution in [-0.4, -0.2) is 45.5 Å². The first-order chi connectivity index (χ1) is 13.8. The molecule has 0 saturated carbocycles. The second kappa shape index (κ2) is 7.55. The molecule has 0 aromatic heterocycles. The molecule has 2 unspecified atom stereocenters. The topological polar surface area (TPSA) is 91.3 Å². The van der Waals surface area contributed by atoms with Crippen LogP contribution >= 0.6 is 0 Å². The van der Waals surface area contributed by atoms with E-state index >= 15 is 0 Å². The molecule has 0 bridgehead atoms. The zero-order valence-corrected chi connectivity index (χ0v) is 17.3. The van der Waals surface area contributed by atoms with Crippen LogP contribution in [0.1, 0.15) is 30.9 Å². The summed E-state index contributed by atoms with van der Waals surface area (Å²) in [6.45, 7) is 1.61. The number of hydrogen-bond donors (Lipinski definition) is 1. The molecule has 2 aromatic rings. The van der Waals surface area contributed by atoms with Crippen LogP contribution in [0.2, 0.25) is 0 Å². The molecule has 2 aromatic carbocycles. The van der Waals surface area contributed by atoms with Crippen molar-refractivity contribution in [1.29, 1.82) is 0 Å². The first kappa shape index (κ1) is 20.9. The lowest BCUT2D eigenvalue weighted by atomic mass is 9.60. The van der Waals surface area contributed by atoms with Gasteiger partial charge in [0.05, 0.1) is 40.3 Å². The molecule has 2 atom stereocenters. The van der Waals surface area contributed by atoms with Gasteiger partial charge in [-0.2, -0.15) is 0 Å². The van der Waals surface area contributed by atoms with Gasteiger partial charge in [-0.1, -0.05) is 12.1 Å². The Morgan fingerprint density at radius 1 is 1.07 bits per heavy atom. The molecule has 156 valence electrons. The molecule has 0 saturated heterocycles. The molecule has 1 N–H and O–H groups in total. The van der Waals surface area contributed by atoms with Crippen molar-refractivity contribution in [1.82, 2.24) is 0 Å². The molecule has 7 nitrogen and oxygen atoms in total. The number of carbonyl (C=O) groups is 2. The molecule has 3 rings (SSSR count). The number of methoxy groups -OCH3 is 4. The number of carbonyl (C=O) groups excluding carboxylic acids is 2. The molecule has 29 heavy (non-hydrogen) atoms. The average Bonchev–Trinajstić information content (AvgIpc) is 2.74. The van der Waals surface area contributed by atoms with Crippen LogP contribution in [-0.2, 0) is 31.1 Å². The lowest BCUT2D eigenvalue weighted by Gasteiger charge is -2.47. The minimum atomic E-state index is -1.84. The predicted octanol–water partition coefficient (Wildman–Crippen LogP) is 2.73. The number of benzene rings is 2. The van der Waals surface area contributed by atoms with Crippen LogP contribution in [0, 0.1) is 5.41 Å². The molecule has 7 heteroatoms. The Labute approximate surface area is 169 Å². The highest BCUT2D eigenvalue weighted by Gasteiger charge is 2.58. The fraction of sp³-hybridized carbons (Fsp3) is 0.455. The summed E-state index contributed by atoms with van der Waals surface area (Å²) >= 11 is 0. The highest BCUT2D eigenvalue weighted by molar-refractivity contribution is 5.98. The molecule has 0 aliphatic heterocycles. The SMILES string of the molecule is COC(=O)CC1(O)c2cc(OC)c3cccc(OC)c3c2CCC1(C)C(=O)OC. The minimum Gasteiger partial charge on any atom is -0.496 e. The number of ether oxygens (including phenoxy) is 4. The lowest BCUT2D eigenvalue weighted by molar-refractivity contribution is -0.181. The van der Waals surface area contributed by atoms with E-state index in [0.717, 1.165) is 16.3 Å². The monoisotopic (exact) mass is 402 g/mol. The van der Waals surface area contributed by atoms with Crippen LogP contribution < -0.4 is 9.47 Å². The molecule has 0 spiro atoms. The minimum absolute atomic E-state index is 0.291. The van der Waals surface area contributed by atoms with E-state index in [1.807, 2.05) is 18.2 Å². The summed E-state index contributed by atoms with van der Waals surface area (Å²) in [7, 11) is 5.62. The van der Waals surface area contributed by atoms with Crippen LogP contribution in [0.25, 0.3) is 10.8 Å². The quantitative estimate of drug-likeness (QED) is 0.769. The van der Waals surface area contributed by atoms with E-state index in [1.54, 1.807) is 20.1 Å². The van der Waals surface area contributed by atoms with Crippen molar-refractivity contribution in [3.8, 4) is 11.5 Å². The van der Waals surface area contributed by atoms with Gasteiger partial charge in [-0.05, 0) is 43.0 Å². The molecule has 0 heterocycles. The largest absolute Gasteiger partial charge is 0.496 e. The Balaban J connectivity index is 2.40. The molecular formula is C22H26O7. The van der Waals surface area contributed by atoms with Crippen molar-refractivity contribution >= 4 is 22.7 Å². The third kappa shape index (κ3) is 3.00. The second-order valence-electron chi connectivity index (χ2n) is 7.42. The van der Waals surface area contributed by atoms with Gasteiger partial charge in [0, 0.05) is 10.8 Å². The van der Waals surface area contributed by atoms with Crippen molar-refractivity contribution in [3.05, 3.63) is 35.4 Å². The first-order valence-electron chi connectivity index (χ1n) is 9.32. The maximum Gasteiger partial charge on any atom is 0.314 e. The van der Waals surface area contributed by atoms with Gasteiger partial charge in [-0.25, -0.2) is 0 Å². The van der Waals surface area contributed by atoms with Crippen LogP contribution in [0.4, 0.5) is 0 Å². The molecule has 1 aliphatic rings. The van der Waals surface area contributed by atoms with Gasteiger partial charge >= 0.3 is 11.9 Å². The van der Waals surface area contributed by atoms with Gasteiger partial charge in [-0.15, -0.1) is 0 Å². The Morgan fingerprint density at radius 3 is 2.34 bits per heavy atom. The molecule has 1 aliphatic carbocycles. The van der Waals surface area contributed by atoms with Crippen LogP contribution in [0.3, 0.4) is 0 Å². The zero-order valence-electron chi connectivity index (χ0n) is 17.3. The molecule has 0 amide bonds. The standard InChI is InChI=1S/C22H26O7/c1-21(20(24)29-5)10-9-13-15(22(21,25)12-18(23)28-4)11-17(27-3)14-7-6-8-16(26-2)19(13)14/h6-8,11,25H,9-10,12H2,1-5H3. The Morgan fingerprint density at radius 2 is 1.76 bits per heavy atom. The zero-order chi connectivity index (χ0) is 21.4. The molecular weight excluding hydrogens is 376 g/mol. The number of rotatable bonds is 5. The smallest absolute Gasteiger partial charge is 0.314 e. The van der Waals surface area contributed by atoms with Crippen LogP contribution in [0.15, 0.2) is 24.3 Å². The summed E-state index contributed by atoms with van der Waals surface area (Å²) in [5.41, 5.74) is -1.94. The third-order valence-electron chi connectivity index (χ3n) is 6.13. The maximum absolute atomic E-state index is 12.7. The Hall–Kier alpha value is -2.80. The fourth-order valence-corrected chi connectivity index (χ4v) is 4.39. The average molecular weight is 402 g/mol. The summed E-state index contributed by atoms with van der Waals surface area (Å²) in [4.78, 5) is 25.0. The van der Waals surface area contributed by atoms with E-state index in [9.17, 15) is 14.7 Å². The predicted molar refractivity (Wildman–Crippen MR) is 106 cm³/mol. The van der Waals surface area contributed by atoms with Crippen molar-refractivity contribution in [2.45, 2.75) is 31.8 Å². The summed E-state index contributed by atoms with van der Waals surface area (Å²) in [5, 5.41) is 13.5. The van der Waals surface area contributed by atoms with Gasteiger partial charge in [0.25, 0.3) is 0 Å². The highest BCUT2D eigenvalue weighted by atomic mass is 16.5. The van der Waals surface area contributed by atoms with Gasteiger partial charge in [-0.3, -0.25) is 9.59 Å². The summed E-state index contributed by atoms with van der Waals surface area (Å²) in [6.07, 6.45) is 0.386. The normalized spacial score (nSPS) is 23.2. The number of aryl methyl sites for hydroxylation is 1. The van der Waals surface area contributed by atoms with Gasteiger partial charge in [0.2, 0.25) is 0 Å². The first-order valence-corrected chi connectivity index (χ1v) is 9.32. The number of hydrogen-bond acceptors (Lipinski definition) is 7. The van der Waals surface area contributed by atoms with Gasteiger partial charge < -0.3 is 24.1 Å². The molecule has 0 fully saturated rings. The van der Waals surface area contributed by atoms with E-state index in [-0.39, 0.29) is 0 Å². The van der Waals surface area contributed by atoms with Crippen molar-refractivity contribution < 1.29 is 33.6 Å². The summed E-state index contributed by atoms with van der Waals surface area (Å²) in [6, 6.07) is 7.29. The van der Waals surface area contributed by atoms with E-state index in [0.29, 0.717) is 29.9 Å². The van der Waals surface area contributed by atoms with E-state index < -0.39 is 29.4 Å². The van der Waals surface area contributed by atoms with Crippen LogP contribution in [0.5, 0.6) is 11.5 Å². The van der Waals surface area contributed by atoms with E-state index in [1.165, 1.54) is 21.3 Å². The van der Waals surface area contributed by atoms with Crippen molar-refractivity contribution in [3.63, 3.8) is 0 Å². The number of fused-ring (bicyclic) bond motifs is 3. The van der Waals surface area contributed by atoms with Gasteiger partial charge in [0.1, 0.15) is 17.1 Å². The van der Waals surface area contributed by atoms with E-state index in [2.05, 4.69) is 0 Å². The number of esters is 2. The lowest BCUT2D eigenvalue weighted by Crippen LogP contribution is -2.54. The maximum atomic E-state index is 12.7. The number of aliphatic hydroxyl groups is 1. The third-order valence-corrected chi connectivity index (χ3v) is 6.13. The van der Waals surface area contributed by atoms with Gasteiger partial charge in [0.15, 0.2) is 0 Å². The highest BCUT2D eigenvalue weighted by Crippen LogP contribution is 2.54. The Bertz CT molecular complexity index is 967. The van der Waals surface area contributed by atoms with Crippen molar-refractivity contribution in [2.75, 3.05) is 28.4 Å². The summed E-state index contributed by atoms with van der Waals surface area (Å²) < 4.78 is 21.0. The van der Waals surface area contributed by atoms with Crippen molar-refractivity contribution in [2.24, 2.45) is 5.41 Å². The fourth-order valence-electron chi connectivity index (χ4n) is 4.39. The second-order valence-corrected chi connectivity index (χ2v) is 7.42. The molecule has 0 radical (unpaired) electrons.